The van der Waals surface area contributed by atoms with Gasteiger partial charge in [0, 0.05) is 25.2 Å². The summed E-state index contributed by atoms with van der Waals surface area (Å²) in [6, 6.07) is 0. The standard InChI is InChI=1S/C8H11N3S2/c1-3-4-9-7(12)10-8-11(2)5-6-13-8/h3,5-6H,1,4H2,2H3,(H,9,12)/b10-8+. The van der Waals surface area contributed by atoms with Crippen LogP contribution in [0.2, 0.25) is 0 Å². The molecule has 0 spiro atoms. The Balaban J connectivity index is 2.71. The molecule has 0 aliphatic carbocycles. The molecule has 0 bridgehead atoms. The maximum atomic E-state index is 4.99. The normalized spacial score (nSPS) is 11.3. The molecule has 3 nitrogen and oxygen atoms in total. The van der Waals surface area contributed by atoms with Crippen molar-refractivity contribution in [3.8, 4) is 0 Å². The highest BCUT2D eigenvalue weighted by Gasteiger charge is 1.91. The molecular weight excluding hydrogens is 202 g/mol. The molecule has 0 unspecified atom stereocenters. The van der Waals surface area contributed by atoms with E-state index in [4.69, 9.17) is 12.2 Å². The van der Waals surface area contributed by atoms with Gasteiger partial charge in [0.25, 0.3) is 0 Å². The third kappa shape index (κ3) is 3.12. The van der Waals surface area contributed by atoms with Crippen LogP contribution in [0.25, 0.3) is 0 Å². The van der Waals surface area contributed by atoms with Crippen molar-refractivity contribution in [1.82, 2.24) is 9.88 Å². The largest absolute Gasteiger partial charge is 0.357 e. The highest BCUT2D eigenvalue weighted by atomic mass is 32.1. The van der Waals surface area contributed by atoms with Gasteiger partial charge in [-0.3, -0.25) is 0 Å². The van der Waals surface area contributed by atoms with E-state index in [1.54, 1.807) is 17.4 Å². The van der Waals surface area contributed by atoms with Gasteiger partial charge in [0.2, 0.25) is 0 Å². The van der Waals surface area contributed by atoms with Gasteiger partial charge >= 0.3 is 0 Å². The maximum absolute atomic E-state index is 4.99. The first-order valence-corrected chi connectivity index (χ1v) is 5.06. The van der Waals surface area contributed by atoms with Crippen LogP contribution in [0, 0.1) is 0 Å². The Bertz CT molecular complexity index is 361. The molecule has 5 heteroatoms. The molecule has 1 aromatic heterocycles. The summed E-state index contributed by atoms with van der Waals surface area (Å²) in [5, 5.41) is 5.40. The number of aromatic nitrogens is 1. The fourth-order valence-electron chi connectivity index (χ4n) is 0.721. The molecule has 1 N–H and O–H groups in total. The highest BCUT2D eigenvalue weighted by Crippen LogP contribution is 1.86. The van der Waals surface area contributed by atoms with Crippen LogP contribution in [0.1, 0.15) is 0 Å². The first-order valence-electron chi connectivity index (χ1n) is 3.77. The van der Waals surface area contributed by atoms with Gasteiger partial charge in [-0.25, -0.2) is 0 Å². The lowest BCUT2D eigenvalue weighted by molar-refractivity contribution is 0.873. The number of nitrogens with one attached hydrogen (secondary N) is 1. The van der Waals surface area contributed by atoms with Crippen LogP contribution in [0.4, 0.5) is 0 Å². The lowest BCUT2D eigenvalue weighted by Crippen LogP contribution is -2.23. The lowest BCUT2D eigenvalue weighted by Gasteiger charge is -1.97. The average molecular weight is 213 g/mol. The van der Waals surface area contributed by atoms with Crippen molar-refractivity contribution in [1.29, 1.82) is 0 Å². The molecule has 0 amide bonds. The van der Waals surface area contributed by atoms with Gasteiger partial charge in [-0.1, -0.05) is 6.08 Å². The summed E-state index contributed by atoms with van der Waals surface area (Å²) in [5.74, 6) is 0. The first-order chi connectivity index (χ1) is 6.24. The summed E-state index contributed by atoms with van der Waals surface area (Å²) in [6.07, 6.45) is 3.69. The van der Waals surface area contributed by atoms with Crippen molar-refractivity contribution < 1.29 is 0 Å². The Morgan fingerprint density at radius 2 is 2.69 bits per heavy atom. The predicted molar refractivity (Wildman–Crippen MR) is 59.7 cm³/mol. The van der Waals surface area contributed by atoms with Crippen molar-refractivity contribution in [2.45, 2.75) is 0 Å². The quantitative estimate of drug-likeness (QED) is 0.588. The maximum Gasteiger partial charge on any atom is 0.195 e. The summed E-state index contributed by atoms with van der Waals surface area (Å²) in [4.78, 5) is 5.10. The van der Waals surface area contributed by atoms with Gasteiger partial charge in [0.15, 0.2) is 9.91 Å². The van der Waals surface area contributed by atoms with Crippen molar-refractivity contribution in [2.24, 2.45) is 12.0 Å². The number of thiazole rings is 1. The van der Waals surface area contributed by atoms with Crippen LogP contribution in [-0.4, -0.2) is 16.2 Å². The van der Waals surface area contributed by atoms with Gasteiger partial charge in [0.1, 0.15) is 0 Å². The van der Waals surface area contributed by atoms with E-state index in [2.05, 4.69) is 16.9 Å². The molecule has 1 rings (SSSR count). The molecule has 0 saturated heterocycles. The van der Waals surface area contributed by atoms with Crippen molar-refractivity contribution in [3.63, 3.8) is 0 Å². The predicted octanol–water partition coefficient (Wildman–Crippen LogP) is 1.05. The first kappa shape index (κ1) is 10.1. The molecular formula is C8H11N3S2. The van der Waals surface area contributed by atoms with Crippen LogP contribution >= 0.6 is 23.6 Å². The van der Waals surface area contributed by atoms with E-state index in [0.717, 1.165) is 4.80 Å². The second-order valence-corrected chi connectivity index (χ2v) is 3.64. The minimum absolute atomic E-state index is 0.498. The molecule has 0 fully saturated rings. The smallest absolute Gasteiger partial charge is 0.195 e. The molecule has 0 saturated carbocycles. The molecule has 0 radical (unpaired) electrons. The van der Waals surface area contributed by atoms with Crippen LogP contribution in [0.3, 0.4) is 0 Å². The summed E-state index contributed by atoms with van der Waals surface area (Å²) in [5.41, 5.74) is 0. The SMILES string of the molecule is C=CCNC(=S)/N=c1/sccn1C. The van der Waals surface area contributed by atoms with E-state index >= 15 is 0 Å². The Morgan fingerprint density at radius 3 is 3.23 bits per heavy atom. The average Bonchev–Trinajstić information content (AvgIpc) is 2.48. The van der Waals surface area contributed by atoms with E-state index in [0.29, 0.717) is 11.7 Å². The molecule has 70 valence electrons. The second kappa shape index (κ2) is 4.94. The third-order valence-electron chi connectivity index (χ3n) is 1.35. The summed E-state index contributed by atoms with van der Waals surface area (Å²) in [6.45, 7) is 4.23. The van der Waals surface area contributed by atoms with E-state index < -0.39 is 0 Å². The minimum atomic E-state index is 0.498. The van der Waals surface area contributed by atoms with Crippen LogP contribution in [0.15, 0.2) is 29.2 Å². The zero-order valence-electron chi connectivity index (χ0n) is 7.36. The summed E-state index contributed by atoms with van der Waals surface area (Å²) < 4.78 is 1.92. The number of rotatable bonds is 2. The van der Waals surface area contributed by atoms with Gasteiger partial charge in [0.05, 0.1) is 0 Å². The molecule has 0 aliphatic rings. The lowest BCUT2D eigenvalue weighted by atomic mass is 10.6. The van der Waals surface area contributed by atoms with Gasteiger partial charge in [-0.2, -0.15) is 4.99 Å². The van der Waals surface area contributed by atoms with Crippen LogP contribution in [-0.2, 0) is 7.05 Å². The van der Waals surface area contributed by atoms with E-state index in [-0.39, 0.29) is 0 Å². The molecule has 1 aromatic rings. The van der Waals surface area contributed by atoms with Gasteiger partial charge in [-0.05, 0) is 12.2 Å². The third-order valence-corrected chi connectivity index (χ3v) is 2.44. The Labute approximate surface area is 86.4 Å². The fraction of sp³-hybridized carbons (Fsp3) is 0.250. The topological polar surface area (TPSA) is 29.3 Å². The Kier molecular flexibility index (Phi) is 3.85. The number of hydrogen-bond donors (Lipinski definition) is 1. The van der Waals surface area contributed by atoms with Crippen LogP contribution < -0.4 is 10.1 Å². The molecule has 0 aromatic carbocycles. The van der Waals surface area contributed by atoms with Gasteiger partial charge < -0.3 is 9.88 Å². The van der Waals surface area contributed by atoms with Gasteiger partial charge in [-0.15, -0.1) is 17.9 Å². The van der Waals surface area contributed by atoms with Crippen LogP contribution in [0.5, 0.6) is 0 Å². The Morgan fingerprint density at radius 1 is 1.92 bits per heavy atom. The minimum Gasteiger partial charge on any atom is -0.357 e. The van der Waals surface area contributed by atoms with Crippen molar-refractivity contribution in [3.05, 3.63) is 29.0 Å². The molecule has 0 atom stereocenters. The number of hydrogen-bond acceptors (Lipinski definition) is 2. The second-order valence-electron chi connectivity index (χ2n) is 2.38. The molecule has 1 heterocycles. The molecule has 0 aliphatic heterocycles. The zero-order valence-corrected chi connectivity index (χ0v) is 8.99. The summed E-state index contributed by atoms with van der Waals surface area (Å²) in [7, 11) is 1.94. The number of nitrogens with zero attached hydrogens (tertiary/aromatic N) is 2. The van der Waals surface area contributed by atoms with Crippen molar-refractivity contribution in [2.75, 3.05) is 6.54 Å². The number of aryl methyl sites for hydroxylation is 1. The monoisotopic (exact) mass is 213 g/mol. The molecule has 13 heavy (non-hydrogen) atoms. The summed E-state index contributed by atoms with van der Waals surface area (Å²) >= 11 is 6.55. The van der Waals surface area contributed by atoms with E-state index in [9.17, 15) is 0 Å². The van der Waals surface area contributed by atoms with Crippen molar-refractivity contribution >= 4 is 28.7 Å². The highest BCUT2D eigenvalue weighted by molar-refractivity contribution is 7.80. The number of thiocarbonyl (C=S) groups is 1. The van der Waals surface area contributed by atoms with E-state index in [1.165, 1.54) is 0 Å². The zero-order chi connectivity index (χ0) is 9.68. The fourth-order valence-corrected chi connectivity index (χ4v) is 1.68. The Hall–Kier alpha value is -0.940. The van der Waals surface area contributed by atoms with E-state index in [1.807, 2.05) is 23.2 Å².